The molecule has 0 aliphatic heterocycles. The number of benzene rings is 2. The lowest BCUT2D eigenvalue weighted by molar-refractivity contribution is 0.0360. The first kappa shape index (κ1) is 15.2. The second-order valence-corrected chi connectivity index (χ2v) is 5.65. The molecule has 0 saturated carbocycles. The number of hydrogen-bond donors (Lipinski definition) is 0. The van der Waals surface area contributed by atoms with Crippen LogP contribution in [0.1, 0.15) is 35.9 Å². The number of rotatable bonds is 5. The summed E-state index contributed by atoms with van der Waals surface area (Å²) in [7, 11) is 0. The van der Waals surface area contributed by atoms with Crippen molar-refractivity contribution < 1.29 is 14.1 Å². The summed E-state index contributed by atoms with van der Waals surface area (Å²) in [5.41, 5.74) is 1.19. The summed E-state index contributed by atoms with van der Waals surface area (Å²) in [6, 6.07) is 14.6. The summed E-state index contributed by atoms with van der Waals surface area (Å²) in [6.45, 7) is 3.55. The fourth-order valence-electron chi connectivity index (χ4n) is 2.35. The van der Waals surface area contributed by atoms with E-state index in [1.807, 2.05) is 12.1 Å². The van der Waals surface area contributed by atoms with Gasteiger partial charge >= 0.3 is 5.97 Å². The highest BCUT2D eigenvalue weighted by Crippen LogP contribution is 2.17. The average Bonchev–Trinajstić information content (AvgIpc) is 3.01. The molecule has 118 valence electrons. The van der Waals surface area contributed by atoms with Crippen LogP contribution in [-0.4, -0.2) is 22.2 Å². The first-order valence-electron chi connectivity index (χ1n) is 7.63. The fraction of sp³-hybridized carbons (Fsp3) is 0.278. The molecule has 2 aromatic carbocycles. The SMILES string of the molecule is CC(C)OC(=O)c1noc(CCc2ccc3ccccc3c2)n1. The average molecular weight is 310 g/mol. The van der Waals surface area contributed by atoms with Crippen molar-refractivity contribution in [1.29, 1.82) is 0 Å². The largest absolute Gasteiger partial charge is 0.457 e. The lowest BCUT2D eigenvalue weighted by atomic mass is 10.0. The molecule has 3 aromatic rings. The third kappa shape index (κ3) is 3.74. The number of carbonyl (C=O) groups excluding carboxylic acids is 1. The summed E-state index contributed by atoms with van der Waals surface area (Å²) in [4.78, 5) is 15.8. The molecule has 23 heavy (non-hydrogen) atoms. The minimum Gasteiger partial charge on any atom is -0.457 e. The molecule has 0 amide bonds. The van der Waals surface area contributed by atoms with E-state index in [-0.39, 0.29) is 11.9 Å². The number of aryl methyl sites for hydroxylation is 2. The Kier molecular flexibility index (Phi) is 4.37. The molecule has 3 rings (SSSR count). The summed E-state index contributed by atoms with van der Waals surface area (Å²) < 4.78 is 10.2. The van der Waals surface area contributed by atoms with Crippen molar-refractivity contribution in [3.63, 3.8) is 0 Å². The van der Waals surface area contributed by atoms with Gasteiger partial charge in [-0.25, -0.2) is 4.79 Å². The minimum atomic E-state index is -0.555. The molecule has 0 radical (unpaired) electrons. The first-order valence-corrected chi connectivity index (χ1v) is 7.63. The van der Waals surface area contributed by atoms with E-state index in [0.29, 0.717) is 12.3 Å². The molecule has 0 spiro atoms. The molecule has 0 saturated heterocycles. The van der Waals surface area contributed by atoms with Gasteiger partial charge in [-0.3, -0.25) is 0 Å². The predicted octanol–water partition coefficient (Wildman–Crippen LogP) is 3.57. The maximum Gasteiger partial charge on any atom is 0.380 e. The number of esters is 1. The quantitative estimate of drug-likeness (QED) is 0.674. The minimum absolute atomic E-state index is 0.0211. The van der Waals surface area contributed by atoms with Crippen molar-refractivity contribution in [2.45, 2.75) is 32.8 Å². The topological polar surface area (TPSA) is 65.2 Å². The van der Waals surface area contributed by atoms with Crippen LogP contribution in [0, 0.1) is 0 Å². The number of hydrogen-bond acceptors (Lipinski definition) is 5. The van der Waals surface area contributed by atoms with Crippen LogP contribution in [0.2, 0.25) is 0 Å². The standard InChI is InChI=1S/C18H18N2O3/c1-12(2)22-18(21)17-19-16(23-20-17)10-8-13-7-9-14-5-3-4-6-15(14)11-13/h3-7,9,11-12H,8,10H2,1-2H3. The monoisotopic (exact) mass is 310 g/mol. The van der Waals surface area contributed by atoms with Gasteiger partial charge in [-0.15, -0.1) is 0 Å². The third-order valence-electron chi connectivity index (χ3n) is 3.43. The highest BCUT2D eigenvalue weighted by atomic mass is 16.5. The van der Waals surface area contributed by atoms with Gasteiger partial charge in [0.25, 0.3) is 5.82 Å². The normalized spacial score (nSPS) is 11.1. The van der Waals surface area contributed by atoms with Crippen LogP contribution in [0.15, 0.2) is 47.0 Å². The molecular weight excluding hydrogens is 292 g/mol. The number of aromatic nitrogens is 2. The predicted molar refractivity (Wildman–Crippen MR) is 86.2 cm³/mol. The van der Waals surface area contributed by atoms with Gasteiger partial charge in [-0.1, -0.05) is 42.5 Å². The first-order chi connectivity index (χ1) is 11.1. The fourth-order valence-corrected chi connectivity index (χ4v) is 2.35. The number of ether oxygens (including phenoxy) is 1. The molecule has 1 heterocycles. The highest BCUT2D eigenvalue weighted by molar-refractivity contribution is 5.85. The Balaban J connectivity index is 1.65. The van der Waals surface area contributed by atoms with Crippen LogP contribution in [0.25, 0.3) is 10.8 Å². The maximum atomic E-state index is 11.7. The van der Waals surface area contributed by atoms with Gasteiger partial charge in [0, 0.05) is 6.42 Å². The van der Waals surface area contributed by atoms with Gasteiger partial charge in [0.15, 0.2) is 0 Å². The summed E-state index contributed by atoms with van der Waals surface area (Å²) in [5.74, 6) is -0.137. The van der Waals surface area contributed by atoms with E-state index in [0.717, 1.165) is 6.42 Å². The van der Waals surface area contributed by atoms with E-state index in [9.17, 15) is 4.79 Å². The Morgan fingerprint density at radius 1 is 1.13 bits per heavy atom. The van der Waals surface area contributed by atoms with E-state index in [2.05, 4.69) is 40.5 Å². The molecule has 0 atom stereocenters. The molecule has 0 fully saturated rings. The lowest BCUT2D eigenvalue weighted by Crippen LogP contribution is -2.13. The van der Waals surface area contributed by atoms with Crippen LogP contribution in [0.4, 0.5) is 0 Å². The van der Waals surface area contributed by atoms with Crippen LogP contribution >= 0.6 is 0 Å². The Morgan fingerprint density at radius 2 is 1.91 bits per heavy atom. The van der Waals surface area contributed by atoms with E-state index >= 15 is 0 Å². The zero-order chi connectivity index (χ0) is 16.2. The number of carbonyl (C=O) groups is 1. The Morgan fingerprint density at radius 3 is 2.70 bits per heavy atom. The van der Waals surface area contributed by atoms with E-state index in [4.69, 9.17) is 9.26 Å². The van der Waals surface area contributed by atoms with Crippen molar-refractivity contribution in [1.82, 2.24) is 10.1 Å². The molecule has 5 heteroatoms. The molecule has 0 unspecified atom stereocenters. The van der Waals surface area contributed by atoms with Crippen molar-refractivity contribution in [2.24, 2.45) is 0 Å². The summed E-state index contributed by atoms with van der Waals surface area (Å²) in [5, 5.41) is 6.09. The zero-order valence-electron chi connectivity index (χ0n) is 13.2. The molecule has 0 N–H and O–H groups in total. The Bertz CT molecular complexity index is 824. The van der Waals surface area contributed by atoms with Gasteiger partial charge < -0.3 is 9.26 Å². The van der Waals surface area contributed by atoms with Crippen molar-refractivity contribution in [3.05, 3.63) is 59.7 Å². The van der Waals surface area contributed by atoms with Crippen molar-refractivity contribution in [2.75, 3.05) is 0 Å². The van der Waals surface area contributed by atoms with Gasteiger partial charge in [-0.2, -0.15) is 4.98 Å². The van der Waals surface area contributed by atoms with Crippen LogP contribution in [0.3, 0.4) is 0 Å². The zero-order valence-corrected chi connectivity index (χ0v) is 13.2. The van der Waals surface area contributed by atoms with Gasteiger partial charge in [0.1, 0.15) is 0 Å². The second-order valence-electron chi connectivity index (χ2n) is 5.65. The van der Waals surface area contributed by atoms with Gasteiger partial charge in [-0.05, 0) is 41.8 Å². The Hall–Kier alpha value is -2.69. The van der Waals surface area contributed by atoms with Gasteiger partial charge in [0.05, 0.1) is 6.10 Å². The number of fused-ring (bicyclic) bond motifs is 1. The smallest absolute Gasteiger partial charge is 0.380 e. The van der Waals surface area contributed by atoms with E-state index < -0.39 is 5.97 Å². The summed E-state index contributed by atoms with van der Waals surface area (Å²) in [6.07, 6.45) is 1.15. The maximum absolute atomic E-state index is 11.7. The van der Waals surface area contributed by atoms with Gasteiger partial charge in [0.2, 0.25) is 5.89 Å². The molecule has 0 bridgehead atoms. The van der Waals surface area contributed by atoms with Crippen molar-refractivity contribution >= 4 is 16.7 Å². The molecule has 5 nitrogen and oxygen atoms in total. The van der Waals surface area contributed by atoms with E-state index in [1.165, 1.54) is 16.3 Å². The summed E-state index contributed by atoms with van der Waals surface area (Å²) >= 11 is 0. The van der Waals surface area contributed by atoms with Crippen LogP contribution in [-0.2, 0) is 17.6 Å². The Labute approximate surface area is 134 Å². The second kappa shape index (κ2) is 6.60. The van der Waals surface area contributed by atoms with Crippen LogP contribution in [0.5, 0.6) is 0 Å². The molecule has 0 aliphatic carbocycles. The molecule has 0 aliphatic rings. The number of nitrogens with zero attached hydrogens (tertiary/aromatic N) is 2. The molecule has 1 aromatic heterocycles. The molecular formula is C18H18N2O3. The third-order valence-corrected chi connectivity index (χ3v) is 3.43. The van der Waals surface area contributed by atoms with E-state index in [1.54, 1.807) is 13.8 Å². The lowest BCUT2D eigenvalue weighted by Gasteiger charge is -2.03. The van der Waals surface area contributed by atoms with Crippen molar-refractivity contribution in [3.8, 4) is 0 Å². The van der Waals surface area contributed by atoms with Crippen LogP contribution < -0.4 is 0 Å². The highest BCUT2D eigenvalue weighted by Gasteiger charge is 2.17.